The molecule has 2 aromatic rings. The predicted octanol–water partition coefficient (Wildman–Crippen LogP) is 0.329. The first kappa shape index (κ1) is 9.97. The number of hydrogen-bond acceptors (Lipinski definition) is 5. The highest BCUT2D eigenvalue weighted by molar-refractivity contribution is 5.71. The molecule has 0 aliphatic heterocycles. The molecule has 1 aromatic carbocycles. The average molecular weight is 221 g/mol. The molecule has 82 valence electrons. The van der Waals surface area contributed by atoms with Crippen LogP contribution in [0.15, 0.2) is 41.5 Å². The molecule has 0 saturated heterocycles. The third-order valence-electron chi connectivity index (χ3n) is 1.77. The first-order valence-electron chi connectivity index (χ1n) is 4.31. The van der Waals surface area contributed by atoms with Gasteiger partial charge < -0.3 is 9.94 Å². The smallest absolute Gasteiger partial charge is 0.423 e. The van der Waals surface area contributed by atoms with Crippen LogP contribution in [-0.4, -0.2) is 25.8 Å². The van der Waals surface area contributed by atoms with Gasteiger partial charge in [0.15, 0.2) is 6.33 Å². The van der Waals surface area contributed by atoms with Crippen LogP contribution in [0.1, 0.15) is 0 Å². The van der Waals surface area contributed by atoms with Crippen molar-refractivity contribution in [1.29, 1.82) is 0 Å². The summed E-state index contributed by atoms with van der Waals surface area (Å²) in [6.07, 6.45) is -0.182. The van der Waals surface area contributed by atoms with E-state index in [0.717, 1.165) is 6.33 Å². The SMILES string of the molecule is O=C(Oc1ccccc1)n1ncn(O)c1=O. The highest BCUT2D eigenvalue weighted by atomic mass is 16.6. The van der Waals surface area contributed by atoms with Crippen molar-refractivity contribution in [1.82, 2.24) is 14.5 Å². The minimum atomic E-state index is -0.985. The molecule has 0 saturated carbocycles. The molecule has 7 nitrogen and oxygen atoms in total. The molecule has 0 amide bonds. The summed E-state index contributed by atoms with van der Waals surface area (Å²) in [5, 5.41) is 12.2. The van der Waals surface area contributed by atoms with Crippen LogP contribution in [-0.2, 0) is 0 Å². The van der Waals surface area contributed by atoms with Crippen LogP contribution in [0.4, 0.5) is 4.79 Å². The number of aromatic nitrogens is 3. The van der Waals surface area contributed by atoms with Gasteiger partial charge in [0.25, 0.3) is 0 Å². The van der Waals surface area contributed by atoms with E-state index in [1.165, 1.54) is 0 Å². The van der Waals surface area contributed by atoms with Gasteiger partial charge in [-0.05, 0) is 12.1 Å². The Morgan fingerprint density at radius 1 is 1.31 bits per heavy atom. The number of ether oxygens (including phenoxy) is 1. The van der Waals surface area contributed by atoms with E-state index in [4.69, 9.17) is 9.94 Å². The fraction of sp³-hybridized carbons (Fsp3) is 0. The topological polar surface area (TPSA) is 86.3 Å². The molecule has 1 aromatic heterocycles. The van der Waals surface area contributed by atoms with Crippen LogP contribution in [0.5, 0.6) is 5.75 Å². The molecule has 7 heteroatoms. The third-order valence-corrected chi connectivity index (χ3v) is 1.77. The molecule has 0 bridgehead atoms. The standard InChI is InChI=1S/C9H7N3O4/c13-8-11(15)6-10-12(8)9(14)16-7-4-2-1-3-5-7/h1-6,15H. The zero-order valence-electron chi connectivity index (χ0n) is 7.98. The maximum atomic E-state index is 11.4. The molecule has 0 radical (unpaired) electrons. The van der Waals surface area contributed by atoms with Gasteiger partial charge in [-0.15, -0.1) is 14.5 Å². The lowest BCUT2D eigenvalue weighted by Gasteiger charge is -2.01. The van der Waals surface area contributed by atoms with Gasteiger partial charge in [0.1, 0.15) is 5.75 Å². The summed E-state index contributed by atoms with van der Waals surface area (Å²) in [7, 11) is 0. The van der Waals surface area contributed by atoms with E-state index in [2.05, 4.69) is 5.10 Å². The maximum absolute atomic E-state index is 11.4. The van der Waals surface area contributed by atoms with E-state index < -0.39 is 11.8 Å². The van der Waals surface area contributed by atoms with E-state index >= 15 is 0 Å². The minimum Gasteiger partial charge on any atom is -0.423 e. The first-order valence-corrected chi connectivity index (χ1v) is 4.31. The Bertz CT molecular complexity index is 558. The van der Waals surface area contributed by atoms with Crippen molar-refractivity contribution in [2.75, 3.05) is 0 Å². The molecule has 2 rings (SSSR count). The molecule has 0 aliphatic rings. The Kier molecular flexibility index (Phi) is 2.42. The van der Waals surface area contributed by atoms with Gasteiger partial charge in [-0.3, -0.25) is 0 Å². The monoisotopic (exact) mass is 221 g/mol. The number of para-hydroxylation sites is 1. The maximum Gasteiger partial charge on any atom is 0.444 e. The van der Waals surface area contributed by atoms with E-state index in [0.29, 0.717) is 4.68 Å². The van der Waals surface area contributed by atoms with Crippen molar-refractivity contribution in [2.24, 2.45) is 0 Å². The minimum absolute atomic E-state index is 0.187. The fourth-order valence-corrected chi connectivity index (χ4v) is 1.05. The third kappa shape index (κ3) is 1.78. The largest absolute Gasteiger partial charge is 0.444 e. The Morgan fingerprint density at radius 2 is 2.00 bits per heavy atom. The Morgan fingerprint density at radius 3 is 2.56 bits per heavy atom. The fourth-order valence-electron chi connectivity index (χ4n) is 1.05. The Hall–Kier alpha value is -2.57. The van der Waals surface area contributed by atoms with E-state index in [9.17, 15) is 9.59 Å². The van der Waals surface area contributed by atoms with Gasteiger partial charge in [-0.1, -0.05) is 18.2 Å². The number of rotatable bonds is 1. The van der Waals surface area contributed by atoms with Gasteiger partial charge >= 0.3 is 11.8 Å². The van der Waals surface area contributed by atoms with Crippen molar-refractivity contribution >= 4 is 6.09 Å². The van der Waals surface area contributed by atoms with Crippen LogP contribution in [0.2, 0.25) is 0 Å². The summed E-state index contributed by atoms with van der Waals surface area (Å²) in [4.78, 5) is 22.5. The molecule has 1 heterocycles. The second kappa shape index (κ2) is 3.89. The average Bonchev–Trinajstić information content (AvgIpc) is 2.61. The van der Waals surface area contributed by atoms with E-state index in [1.807, 2.05) is 0 Å². The van der Waals surface area contributed by atoms with Crippen molar-refractivity contribution < 1.29 is 14.7 Å². The zero-order valence-corrected chi connectivity index (χ0v) is 7.98. The number of benzene rings is 1. The quantitative estimate of drug-likeness (QED) is 0.701. The van der Waals surface area contributed by atoms with Crippen molar-refractivity contribution in [3.05, 3.63) is 47.1 Å². The van der Waals surface area contributed by atoms with E-state index in [-0.39, 0.29) is 10.5 Å². The number of carbonyl (C=O) groups excluding carboxylic acids is 1. The normalized spacial score (nSPS) is 10.0. The summed E-state index contributed by atoms with van der Waals surface area (Å²) in [5.41, 5.74) is -0.985. The molecular formula is C9H7N3O4. The first-order chi connectivity index (χ1) is 7.68. The van der Waals surface area contributed by atoms with Crippen LogP contribution < -0.4 is 10.4 Å². The van der Waals surface area contributed by atoms with Gasteiger partial charge in [-0.25, -0.2) is 9.59 Å². The van der Waals surface area contributed by atoms with Gasteiger partial charge in [0.2, 0.25) is 0 Å². The lowest BCUT2D eigenvalue weighted by atomic mass is 10.3. The molecule has 16 heavy (non-hydrogen) atoms. The number of hydrogen-bond donors (Lipinski definition) is 1. The lowest BCUT2D eigenvalue weighted by Crippen LogP contribution is -2.31. The van der Waals surface area contributed by atoms with Crippen molar-refractivity contribution in [3.63, 3.8) is 0 Å². The number of nitrogens with zero attached hydrogens (tertiary/aromatic N) is 3. The van der Waals surface area contributed by atoms with Gasteiger partial charge in [0, 0.05) is 0 Å². The summed E-state index contributed by atoms with van der Waals surface area (Å²) in [5.74, 6) is 0.284. The lowest BCUT2D eigenvalue weighted by molar-refractivity contribution is 0.168. The predicted molar refractivity (Wildman–Crippen MR) is 51.5 cm³/mol. The van der Waals surface area contributed by atoms with Crippen LogP contribution in [0.25, 0.3) is 0 Å². The molecule has 0 aliphatic carbocycles. The second-order valence-electron chi connectivity index (χ2n) is 2.85. The zero-order chi connectivity index (χ0) is 11.5. The molecule has 0 fully saturated rings. The Labute approximate surface area is 89.1 Å². The molecular weight excluding hydrogens is 214 g/mol. The van der Waals surface area contributed by atoms with Gasteiger partial charge in [-0.2, -0.15) is 0 Å². The van der Waals surface area contributed by atoms with Crippen molar-refractivity contribution in [2.45, 2.75) is 0 Å². The molecule has 1 N–H and O–H groups in total. The highest BCUT2D eigenvalue weighted by Crippen LogP contribution is 2.08. The van der Waals surface area contributed by atoms with Crippen LogP contribution in [0.3, 0.4) is 0 Å². The highest BCUT2D eigenvalue weighted by Gasteiger charge is 2.14. The summed E-state index contributed by atoms with van der Waals surface area (Å²) in [6, 6.07) is 8.22. The van der Waals surface area contributed by atoms with Crippen LogP contribution in [0, 0.1) is 0 Å². The summed E-state index contributed by atoms with van der Waals surface area (Å²) in [6.45, 7) is 0. The van der Waals surface area contributed by atoms with Crippen molar-refractivity contribution in [3.8, 4) is 5.75 Å². The second-order valence-corrected chi connectivity index (χ2v) is 2.85. The van der Waals surface area contributed by atoms with Crippen LogP contribution >= 0.6 is 0 Å². The van der Waals surface area contributed by atoms with E-state index in [1.54, 1.807) is 30.3 Å². The molecule has 0 atom stereocenters. The molecule has 0 unspecified atom stereocenters. The molecule has 0 spiro atoms. The summed E-state index contributed by atoms with van der Waals surface area (Å²) >= 11 is 0. The summed E-state index contributed by atoms with van der Waals surface area (Å²) < 4.78 is 5.43. The number of carbonyl (C=O) groups is 1. The Balaban J connectivity index is 2.22. The van der Waals surface area contributed by atoms with Gasteiger partial charge in [0.05, 0.1) is 0 Å².